The van der Waals surface area contributed by atoms with Crippen LogP contribution in [0.15, 0.2) is 0 Å². The smallest absolute Gasteiger partial charge is 0.0132 e. The maximum atomic E-state index is 3.87. The van der Waals surface area contributed by atoms with Crippen LogP contribution in [0.1, 0.15) is 143 Å². The highest BCUT2D eigenvalue weighted by Gasteiger charge is 2.51. The van der Waals surface area contributed by atoms with E-state index in [2.05, 4.69) is 116 Å². The largest absolute Gasteiger partial charge is 0.310 e. The Morgan fingerprint density at radius 2 is 1.06 bits per heavy atom. The Morgan fingerprint density at radius 3 is 1.42 bits per heavy atom. The Balaban J connectivity index is 6.44. The molecule has 0 bridgehead atoms. The third-order valence-corrected chi connectivity index (χ3v) is 7.66. The molecular weight excluding hydrogens is 374 g/mol. The summed E-state index contributed by atoms with van der Waals surface area (Å²) in [5.41, 5.74) is 1.34. The third-order valence-electron chi connectivity index (χ3n) is 7.66. The Kier molecular flexibility index (Phi) is 10.9. The first-order chi connectivity index (χ1) is 13.6. The zero-order valence-corrected chi connectivity index (χ0v) is 24.8. The second kappa shape index (κ2) is 10.9. The second-order valence-corrected chi connectivity index (χ2v) is 15.3. The summed E-state index contributed by atoms with van der Waals surface area (Å²) in [6, 6.07) is 0.510. The van der Waals surface area contributed by atoms with Crippen molar-refractivity contribution in [2.24, 2.45) is 39.4 Å². The third kappa shape index (κ3) is 10.2. The van der Waals surface area contributed by atoms with Crippen LogP contribution in [0.25, 0.3) is 0 Å². The number of hydrogen-bond donors (Lipinski definition) is 1. The van der Waals surface area contributed by atoms with Gasteiger partial charge in [-0.2, -0.15) is 0 Å². The Morgan fingerprint density at radius 1 is 0.613 bits per heavy atom. The number of rotatable bonds is 13. The van der Waals surface area contributed by atoms with Crippen LogP contribution in [-0.4, -0.2) is 11.6 Å². The lowest BCUT2D eigenvalue weighted by molar-refractivity contribution is -0.0683. The molecule has 3 atom stereocenters. The minimum absolute atomic E-state index is 0.132. The summed E-state index contributed by atoms with van der Waals surface area (Å²) in [7, 11) is 0. The lowest BCUT2D eigenvalue weighted by Gasteiger charge is -2.56. The van der Waals surface area contributed by atoms with Crippen molar-refractivity contribution >= 4 is 0 Å². The maximum Gasteiger partial charge on any atom is 0.0132 e. The minimum Gasteiger partial charge on any atom is -0.310 e. The SMILES string of the molecule is CCC(C)CC(C)(C)C(CC)C(C(C)(C)CC(C)(C)C)C(C)(C)CC(C)(C)NC(C)C. The maximum absolute atomic E-state index is 3.87. The van der Waals surface area contributed by atoms with Crippen molar-refractivity contribution in [1.29, 1.82) is 0 Å². The van der Waals surface area contributed by atoms with E-state index in [1.165, 1.54) is 32.1 Å². The molecule has 0 rings (SSSR count). The van der Waals surface area contributed by atoms with Gasteiger partial charge in [-0.25, -0.2) is 0 Å². The first-order valence-corrected chi connectivity index (χ1v) is 13.4. The van der Waals surface area contributed by atoms with Crippen LogP contribution in [0, 0.1) is 39.4 Å². The predicted octanol–water partition coefficient (Wildman–Crippen LogP) is 9.75. The van der Waals surface area contributed by atoms with Gasteiger partial charge in [-0.05, 0) is 72.5 Å². The van der Waals surface area contributed by atoms with Crippen molar-refractivity contribution in [2.45, 2.75) is 154 Å². The molecule has 1 nitrogen and oxygen atoms in total. The molecule has 0 amide bonds. The van der Waals surface area contributed by atoms with E-state index in [0.29, 0.717) is 28.7 Å². The number of hydrogen-bond acceptors (Lipinski definition) is 1. The summed E-state index contributed by atoms with van der Waals surface area (Å²) in [5.74, 6) is 2.16. The molecule has 31 heavy (non-hydrogen) atoms. The Hall–Kier alpha value is -0.0400. The van der Waals surface area contributed by atoms with Crippen molar-refractivity contribution in [1.82, 2.24) is 5.32 Å². The van der Waals surface area contributed by atoms with Gasteiger partial charge in [0.2, 0.25) is 0 Å². The predicted molar refractivity (Wildman–Crippen MR) is 144 cm³/mol. The highest BCUT2D eigenvalue weighted by Crippen LogP contribution is 2.58. The van der Waals surface area contributed by atoms with Crippen LogP contribution in [0.2, 0.25) is 0 Å². The molecule has 0 aliphatic heterocycles. The van der Waals surface area contributed by atoms with Gasteiger partial charge in [-0.3, -0.25) is 0 Å². The van der Waals surface area contributed by atoms with Crippen LogP contribution >= 0.6 is 0 Å². The molecule has 0 heterocycles. The van der Waals surface area contributed by atoms with Crippen molar-refractivity contribution in [3.63, 3.8) is 0 Å². The lowest BCUT2D eigenvalue weighted by Crippen LogP contribution is -2.53. The molecule has 0 aliphatic rings. The molecule has 188 valence electrons. The van der Waals surface area contributed by atoms with Gasteiger partial charge >= 0.3 is 0 Å². The normalized spacial score (nSPS) is 17.7. The molecule has 0 aromatic heterocycles. The fraction of sp³-hybridized carbons (Fsp3) is 1.00. The first-order valence-electron chi connectivity index (χ1n) is 13.4. The van der Waals surface area contributed by atoms with Gasteiger partial charge in [0, 0.05) is 11.6 Å². The molecule has 1 N–H and O–H groups in total. The molecule has 0 radical (unpaired) electrons. The molecule has 1 heteroatoms. The zero-order chi connectivity index (χ0) is 25.1. The van der Waals surface area contributed by atoms with Crippen LogP contribution < -0.4 is 5.32 Å². The molecule has 0 aliphatic carbocycles. The van der Waals surface area contributed by atoms with Gasteiger partial charge in [-0.15, -0.1) is 0 Å². The highest BCUT2D eigenvalue weighted by molar-refractivity contribution is 5.01. The number of nitrogens with one attached hydrogen (secondary N) is 1. The molecule has 3 unspecified atom stereocenters. The van der Waals surface area contributed by atoms with Gasteiger partial charge < -0.3 is 5.32 Å². The highest BCUT2D eigenvalue weighted by atomic mass is 15.0. The molecule has 0 aromatic carbocycles. The van der Waals surface area contributed by atoms with E-state index in [0.717, 1.165) is 5.92 Å². The summed E-state index contributed by atoms with van der Waals surface area (Å²) in [6.07, 6.45) is 6.34. The average molecular weight is 438 g/mol. The van der Waals surface area contributed by atoms with E-state index in [1.807, 2.05) is 0 Å². The summed E-state index contributed by atoms with van der Waals surface area (Å²) in [5, 5.41) is 3.87. The topological polar surface area (TPSA) is 12.0 Å². The molecule has 0 fully saturated rings. The Labute approximate surface area is 199 Å². The van der Waals surface area contributed by atoms with E-state index in [9.17, 15) is 0 Å². The van der Waals surface area contributed by atoms with Gasteiger partial charge in [-0.1, -0.05) is 110 Å². The van der Waals surface area contributed by atoms with Gasteiger partial charge in [0.15, 0.2) is 0 Å². The van der Waals surface area contributed by atoms with Crippen molar-refractivity contribution in [3.05, 3.63) is 0 Å². The summed E-state index contributed by atoms with van der Waals surface area (Å²) >= 11 is 0. The Bertz CT molecular complexity index is 515. The molecule has 0 spiro atoms. The van der Waals surface area contributed by atoms with Gasteiger partial charge in [0.05, 0.1) is 0 Å². The average Bonchev–Trinajstić information content (AvgIpc) is 2.45. The molecule has 0 saturated heterocycles. The molecular formula is C30H63N. The standard InChI is InChI=1S/C30H63N/c1-17-23(5)19-27(9,10)24(18-2)25(28(11,12)20-26(6,7)8)29(13,14)21-30(15,16)31-22(3)4/h22-25,31H,17-21H2,1-16H3. The summed E-state index contributed by atoms with van der Waals surface area (Å²) in [6.45, 7) is 39.4. The van der Waals surface area contributed by atoms with E-state index < -0.39 is 0 Å². The van der Waals surface area contributed by atoms with E-state index in [1.54, 1.807) is 0 Å². The summed E-state index contributed by atoms with van der Waals surface area (Å²) < 4.78 is 0. The fourth-order valence-corrected chi connectivity index (χ4v) is 8.14. The van der Waals surface area contributed by atoms with Crippen LogP contribution in [0.5, 0.6) is 0 Å². The quantitative estimate of drug-likeness (QED) is 0.302. The molecule has 0 saturated carbocycles. The van der Waals surface area contributed by atoms with Crippen LogP contribution in [0.4, 0.5) is 0 Å². The van der Waals surface area contributed by atoms with Crippen LogP contribution in [0.3, 0.4) is 0 Å². The second-order valence-electron chi connectivity index (χ2n) is 15.3. The monoisotopic (exact) mass is 437 g/mol. The van der Waals surface area contributed by atoms with E-state index in [4.69, 9.17) is 0 Å². The van der Waals surface area contributed by atoms with Gasteiger partial charge in [0.25, 0.3) is 0 Å². The van der Waals surface area contributed by atoms with Crippen molar-refractivity contribution in [3.8, 4) is 0 Å². The van der Waals surface area contributed by atoms with Crippen molar-refractivity contribution < 1.29 is 0 Å². The van der Waals surface area contributed by atoms with E-state index >= 15 is 0 Å². The lowest BCUT2D eigenvalue weighted by atomic mass is 9.49. The van der Waals surface area contributed by atoms with Crippen molar-refractivity contribution in [2.75, 3.05) is 0 Å². The van der Waals surface area contributed by atoms with E-state index in [-0.39, 0.29) is 16.4 Å². The first kappa shape index (κ1) is 31.0. The van der Waals surface area contributed by atoms with Crippen LogP contribution in [-0.2, 0) is 0 Å². The molecule has 0 aromatic rings. The summed E-state index contributed by atoms with van der Waals surface area (Å²) in [4.78, 5) is 0. The van der Waals surface area contributed by atoms with Gasteiger partial charge in [0.1, 0.15) is 0 Å². The zero-order valence-electron chi connectivity index (χ0n) is 24.8. The fourth-order valence-electron chi connectivity index (χ4n) is 8.14. The minimum atomic E-state index is 0.132.